The molecule has 2 aliphatic rings. The molecule has 0 radical (unpaired) electrons. The SMILES string of the molecule is CN(C)Cc1ccccc1-c1ccc2ncn(C3CCN(C(=O)C4CC4(F)Cl)CC3)c2c1. The number of fused-ring (bicyclic) bond motifs is 1. The van der Waals surface area contributed by atoms with Gasteiger partial charge in [-0.05, 0) is 55.8 Å². The molecular weight excluding hydrogens is 427 g/mol. The molecule has 168 valence electrons. The van der Waals surface area contributed by atoms with Crippen molar-refractivity contribution < 1.29 is 9.18 Å². The minimum atomic E-state index is -1.83. The first-order valence-corrected chi connectivity index (χ1v) is 11.6. The summed E-state index contributed by atoms with van der Waals surface area (Å²) in [6.07, 6.45) is 3.70. The van der Waals surface area contributed by atoms with E-state index in [0.29, 0.717) is 13.1 Å². The van der Waals surface area contributed by atoms with Gasteiger partial charge >= 0.3 is 0 Å². The number of rotatable bonds is 5. The van der Waals surface area contributed by atoms with Crippen molar-refractivity contribution in [2.45, 2.75) is 37.0 Å². The van der Waals surface area contributed by atoms with Gasteiger partial charge in [-0.15, -0.1) is 0 Å². The molecule has 0 spiro atoms. The van der Waals surface area contributed by atoms with Crippen molar-refractivity contribution >= 4 is 28.5 Å². The van der Waals surface area contributed by atoms with Crippen LogP contribution in [-0.2, 0) is 11.3 Å². The molecule has 3 aromatic rings. The molecule has 5 nitrogen and oxygen atoms in total. The number of hydrogen-bond donors (Lipinski definition) is 0. The third kappa shape index (κ3) is 4.02. The van der Waals surface area contributed by atoms with E-state index in [9.17, 15) is 9.18 Å². The van der Waals surface area contributed by atoms with E-state index in [0.717, 1.165) is 30.4 Å². The minimum absolute atomic E-state index is 0.136. The summed E-state index contributed by atoms with van der Waals surface area (Å²) in [6.45, 7) is 2.12. The average Bonchev–Trinajstić information content (AvgIpc) is 3.22. The molecule has 1 aliphatic carbocycles. The molecule has 1 saturated heterocycles. The largest absolute Gasteiger partial charge is 0.342 e. The molecule has 2 aromatic carbocycles. The molecule has 1 aromatic heterocycles. The normalized spacial score (nSPS) is 23.8. The van der Waals surface area contributed by atoms with Crippen molar-refractivity contribution in [3.8, 4) is 11.1 Å². The van der Waals surface area contributed by atoms with Crippen LogP contribution in [0.25, 0.3) is 22.2 Å². The Morgan fingerprint density at radius 2 is 1.94 bits per heavy atom. The van der Waals surface area contributed by atoms with Crippen LogP contribution in [0.2, 0.25) is 0 Å². The number of imidazole rings is 1. The van der Waals surface area contributed by atoms with Gasteiger partial charge in [-0.2, -0.15) is 0 Å². The Balaban J connectivity index is 1.37. The highest BCUT2D eigenvalue weighted by molar-refractivity contribution is 6.27. The van der Waals surface area contributed by atoms with Crippen LogP contribution in [0.4, 0.5) is 4.39 Å². The lowest BCUT2D eigenvalue weighted by molar-refractivity contribution is -0.134. The van der Waals surface area contributed by atoms with Gasteiger partial charge < -0.3 is 14.4 Å². The number of carbonyl (C=O) groups excluding carboxylic acids is 1. The van der Waals surface area contributed by atoms with Crippen LogP contribution >= 0.6 is 11.6 Å². The summed E-state index contributed by atoms with van der Waals surface area (Å²) in [7, 11) is 4.16. The molecule has 2 heterocycles. The summed E-state index contributed by atoms with van der Waals surface area (Å²) in [5.41, 5.74) is 5.78. The fraction of sp³-hybridized carbons (Fsp3) is 0.440. The predicted molar refractivity (Wildman–Crippen MR) is 125 cm³/mol. The van der Waals surface area contributed by atoms with Crippen molar-refractivity contribution in [2.24, 2.45) is 5.92 Å². The van der Waals surface area contributed by atoms with Gasteiger partial charge in [-0.25, -0.2) is 9.37 Å². The highest BCUT2D eigenvalue weighted by Gasteiger charge is 2.59. The Bertz CT molecular complexity index is 1150. The summed E-state index contributed by atoms with van der Waals surface area (Å²) in [5.74, 6) is -0.809. The smallest absolute Gasteiger partial charge is 0.230 e. The van der Waals surface area contributed by atoms with E-state index in [1.54, 1.807) is 4.90 Å². The number of alkyl halides is 2. The van der Waals surface area contributed by atoms with E-state index in [4.69, 9.17) is 11.6 Å². The Hall–Kier alpha value is -2.44. The standard InChI is InChI=1S/C25H28ClFN4O/c1-29(2)15-18-5-3-4-6-20(18)17-7-8-22-23(13-17)31(16-28-22)19-9-11-30(12-10-19)24(32)21-14-25(21,26)27/h3-8,13,16,19,21H,9-12,14-15H2,1-2H3. The molecule has 2 unspecified atom stereocenters. The van der Waals surface area contributed by atoms with Crippen LogP contribution in [-0.4, -0.2) is 57.6 Å². The molecule has 2 fully saturated rings. The lowest BCUT2D eigenvalue weighted by Gasteiger charge is -2.33. The summed E-state index contributed by atoms with van der Waals surface area (Å²) in [6, 6.07) is 15.2. The van der Waals surface area contributed by atoms with E-state index in [2.05, 4.69) is 71.0 Å². The number of benzene rings is 2. The van der Waals surface area contributed by atoms with Gasteiger partial charge in [-0.1, -0.05) is 41.9 Å². The maximum absolute atomic E-state index is 13.7. The second-order valence-corrected chi connectivity index (χ2v) is 9.95. The summed E-state index contributed by atoms with van der Waals surface area (Å²) >= 11 is 5.67. The van der Waals surface area contributed by atoms with Crippen LogP contribution in [0.15, 0.2) is 48.8 Å². The molecule has 0 bridgehead atoms. The number of nitrogens with zero attached hydrogens (tertiary/aromatic N) is 4. The van der Waals surface area contributed by atoms with E-state index < -0.39 is 11.0 Å². The average molecular weight is 455 g/mol. The van der Waals surface area contributed by atoms with Gasteiger partial charge in [0.1, 0.15) is 0 Å². The van der Waals surface area contributed by atoms with Gasteiger partial charge in [-0.3, -0.25) is 4.79 Å². The Kier molecular flexibility index (Phi) is 5.46. The number of halogens is 2. The van der Waals surface area contributed by atoms with E-state index >= 15 is 0 Å². The number of piperidine rings is 1. The predicted octanol–water partition coefficient (Wildman–Crippen LogP) is 4.85. The van der Waals surface area contributed by atoms with Gasteiger partial charge in [0.15, 0.2) is 5.13 Å². The molecular formula is C25H28ClFN4O. The maximum atomic E-state index is 13.7. The Labute approximate surface area is 192 Å². The van der Waals surface area contributed by atoms with Crippen LogP contribution < -0.4 is 0 Å². The summed E-state index contributed by atoms with van der Waals surface area (Å²) < 4.78 is 16.0. The fourth-order valence-corrected chi connectivity index (χ4v) is 5.08. The first kappa shape index (κ1) is 21.4. The zero-order chi connectivity index (χ0) is 22.5. The van der Waals surface area contributed by atoms with Crippen molar-refractivity contribution in [2.75, 3.05) is 27.2 Å². The van der Waals surface area contributed by atoms with Crippen molar-refractivity contribution in [3.63, 3.8) is 0 Å². The van der Waals surface area contributed by atoms with E-state index in [1.807, 2.05) is 6.33 Å². The highest BCUT2D eigenvalue weighted by Crippen LogP contribution is 2.52. The summed E-state index contributed by atoms with van der Waals surface area (Å²) in [4.78, 5) is 21.0. The molecule has 2 atom stereocenters. The molecule has 1 saturated carbocycles. The van der Waals surface area contributed by atoms with Crippen molar-refractivity contribution in [1.82, 2.24) is 19.4 Å². The van der Waals surface area contributed by atoms with Crippen LogP contribution in [0.3, 0.4) is 0 Å². The van der Waals surface area contributed by atoms with Crippen LogP contribution in [0.5, 0.6) is 0 Å². The zero-order valence-electron chi connectivity index (χ0n) is 18.5. The molecule has 32 heavy (non-hydrogen) atoms. The lowest BCUT2D eigenvalue weighted by atomic mass is 9.98. The first-order valence-electron chi connectivity index (χ1n) is 11.2. The maximum Gasteiger partial charge on any atom is 0.230 e. The van der Waals surface area contributed by atoms with E-state index in [1.165, 1.54) is 16.7 Å². The zero-order valence-corrected chi connectivity index (χ0v) is 19.2. The second kappa shape index (κ2) is 8.16. The van der Waals surface area contributed by atoms with E-state index in [-0.39, 0.29) is 18.4 Å². The summed E-state index contributed by atoms with van der Waals surface area (Å²) in [5, 5.41) is -1.83. The van der Waals surface area contributed by atoms with Gasteiger partial charge in [0.25, 0.3) is 0 Å². The third-order valence-corrected chi connectivity index (χ3v) is 7.10. The molecule has 5 rings (SSSR count). The number of hydrogen-bond acceptors (Lipinski definition) is 3. The topological polar surface area (TPSA) is 41.4 Å². The van der Waals surface area contributed by atoms with Crippen molar-refractivity contribution in [3.05, 3.63) is 54.4 Å². The number of carbonyl (C=O) groups is 1. The number of amides is 1. The minimum Gasteiger partial charge on any atom is -0.342 e. The van der Waals surface area contributed by atoms with Crippen molar-refractivity contribution in [1.29, 1.82) is 0 Å². The second-order valence-electron chi connectivity index (χ2n) is 9.32. The molecule has 1 aliphatic heterocycles. The first-order chi connectivity index (χ1) is 15.3. The lowest BCUT2D eigenvalue weighted by Crippen LogP contribution is -2.40. The van der Waals surface area contributed by atoms with Gasteiger partial charge in [0, 0.05) is 32.1 Å². The Morgan fingerprint density at radius 3 is 2.62 bits per heavy atom. The molecule has 7 heteroatoms. The third-order valence-electron chi connectivity index (χ3n) is 6.68. The number of aromatic nitrogens is 2. The Morgan fingerprint density at radius 1 is 1.22 bits per heavy atom. The van der Waals surface area contributed by atoms with Gasteiger partial charge in [0.05, 0.1) is 23.3 Å². The number of likely N-dealkylation sites (tertiary alicyclic amines) is 1. The van der Waals surface area contributed by atoms with Crippen LogP contribution in [0, 0.1) is 5.92 Å². The van der Waals surface area contributed by atoms with Crippen LogP contribution in [0.1, 0.15) is 30.9 Å². The fourth-order valence-electron chi connectivity index (χ4n) is 4.83. The molecule has 1 amide bonds. The quantitative estimate of drug-likeness (QED) is 0.517. The molecule has 0 N–H and O–H groups in total. The van der Waals surface area contributed by atoms with Gasteiger partial charge in [0.2, 0.25) is 5.91 Å². The highest BCUT2D eigenvalue weighted by atomic mass is 35.5. The monoisotopic (exact) mass is 454 g/mol.